The maximum Gasteiger partial charge on any atom is 0.227 e. The van der Waals surface area contributed by atoms with Crippen LogP contribution in [-0.2, 0) is 6.42 Å². The Bertz CT molecular complexity index is 1220. The van der Waals surface area contributed by atoms with Gasteiger partial charge < -0.3 is 21.1 Å². The number of aliphatic hydroxyl groups excluding tert-OH is 1. The Morgan fingerprint density at radius 3 is 2.91 bits per heavy atom. The molecule has 1 aliphatic heterocycles. The number of hydrogen-bond donors (Lipinski definition) is 4. The van der Waals surface area contributed by atoms with Crippen molar-refractivity contribution in [3.63, 3.8) is 0 Å². The van der Waals surface area contributed by atoms with Crippen LogP contribution in [0.15, 0.2) is 36.7 Å². The van der Waals surface area contributed by atoms with Crippen LogP contribution < -0.4 is 16.0 Å². The van der Waals surface area contributed by atoms with Crippen molar-refractivity contribution in [1.29, 1.82) is 5.26 Å². The number of nitriles is 1. The van der Waals surface area contributed by atoms with Crippen LogP contribution in [0.2, 0.25) is 0 Å². The zero-order chi connectivity index (χ0) is 22.8. The number of pyridine rings is 1. The first-order valence-corrected chi connectivity index (χ1v) is 11.4. The Kier molecular flexibility index (Phi) is 5.90. The van der Waals surface area contributed by atoms with Gasteiger partial charge in [-0.05, 0) is 55.2 Å². The average molecular weight is 442 g/mol. The highest BCUT2D eigenvalue weighted by molar-refractivity contribution is 5.75. The molecule has 2 aromatic heterocycles. The Balaban J connectivity index is 1.42. The number of aryl methyl sites for hydroxylation is 1. The molecule has 3 heterocycles. The number of aromatic nitrogens is 3. The van der Waals surface area contributed by atoms with E-state index < -0.39 is 0 Å². The molecule has 0 bridgehead atoms. The predicted molar refractivity (Wildman–Crippen MR) is 127 cm³/mol. The maximum atomic E-state index is 9.72. The summed E-state index contributed by atoms with van der Waals surface area (Å²) in [5.74, 6) is 0.448. The maximum absolute atomic E-state index is 9.72. The van der Waals surface area contributed by atoms with Gasteiger partial charge in [0.25, 0.3) is 0 Å². The largest absolute Gasteiger partial charge is 0.396 e. The minimum atomic E-state index is -0.0309. The van der Waals surface area contributed by atoms with E-state index in [1.807, 2.05) is 31.3 Å². The van der Waals surface area contributed by atoms with Gasteiger partial charge in [-0.2, -0.15) is 5.26 Å². The second-order valence-corrected chi connectivity index (χ2v) is 8.74. The molecule has 1 aliphatic carbocycles. The molecular weight excluding hydrogens is 414 g/mol. The molecule has 8 nitrogen and oxygen atoms in total. The van der Waals surface area contributed by atoms with Gasteiger partial charge in [0.1, 0.15) is 6.07 Å². The Hall–Kier alpha value is -3.54. The fourth-order valence-corrected chi connectivity index (χ4v) is 4.21. The number of nitrogens with zero attached hydrogens (tertiary/aromatic N) is 4. The molecule has 3 aromatic rings. The van der Waals surface area contributed by atoms with Gasteiger partial charge in [-0.15, -0.1) is 0 Å². The molecule has 1 saturated carbocycles. The van der Waals surface area contributed by atoms with Gasteiger partial charge in [0, 0.05) is 49.4 Å². The van der Waals surface area contributed by atoms with E-state index in [4.69, 9.17) is 4.98 Å². The normalized spacial score (nSPS) is 16.7. The molecule has 2 aliphatic rings. The van der Waals surface area contributed by atoms with E-state index in [9.17, 15) is 10.4 Å². The lowest BCUT2D eigenvalue weighted by molar-refractivity contribution is 0.273. The van der Waals surface area contributed by atoms with Crippen LogP contribution >= 0.6 is 0 Å². The van der Waals surface area contributed by atoms with Gasteiger partial charge in [0.2, 0.25) is 5.95 Å². The van der Waals surface area contributed by atoms with Crippen molar-refractivity contribution in [2.45, 2.75) is 38.1 Å². The molecule has 0 saturated heterocycles. The van der Waals surface area contributed by atoms with E-state index in [2.05, 4.69) is 38.1 Å². The SMILES string of the molecule is Cc1cnc(CCNC2CC2)c(Nc2nccc(-c3cc(C#N)c4c(c3)C(CO)CN4)n2)c1. The summed E-state index contributed by atoms with van der Waals surface area (Å²) in [6.07, 6.45) is 6.94. The number of fused-ring (bicyclic) bond motifs is 1. The number of hydrogen-bond acceptors (Lipinski definition) is 8. The average Bonchev–Trinajstić information content (AvgIpc) is 3.56. The van der Waals surface area contributed by atoms with Crippen LogP contribution in [0.25, 0.3) is 11.3 Å². The topological polar surface area (TPSA) is 119 Å². The molecule has 33 heavy (non-hydrogen) atoms. The summed E-state index contributed by atoms with van der Waals surface area (Å²) in [6, 6.07) is 10.7. The van der Waals surface area contributed by atoms with Gasteiger partial charge >= 0.3 is 0 Å². The zero-order valence-corrected chi connectivity index (χ0v) is 18.6. The predicted octanol–water partition coefficient (Wildman–Crippen LogP) is 3.26. The quantitative estimate of drug-likeness (QED) is 0.421. The number of nitrogens with one attached hydrogen (secondary N) is 3. The molecule has 0 radical (unpaired) electrons. The molecule has 1 fully saturated rings. The molecule has 4 N–H and O–H groups in total. The summed E-state index contributed by atoms with van der Waals surface area (Å²) in [7, 11) is 0. The molecule has 1 atom stereocenters. The van der Waals surface area contributed by atoms with Gasteiger partial charge in [-0.1, -0.05) is 0 Å². The highest BCUT2D eigenvalue weighted by atomic mass is 16.3. The lowest BCUT2D eigenvalue weighted by Crippen LogP contribution is -2.20. The zero-order valence-electron chi connectivity index (χ0n) is 18.6. The van der Waals surface area contributed by atoms with E-state index in [0.29, 0.717) is 29.8 Å². The first-order valence-electron chi connectivity index (χ1n) is 11.4. The van der Waals surface area contributed by atoms with Crippen molar-refractivity contribution in [1.82, 2.24) is 20.3 Å². The molecule has 8 heteroatoms. The second kappa shape index (κ2) is 9.14. The third-order valence-electron chi connectivity index (χ3n) is 6.15. The fourth-order valence-electron chi connectivity index (χ4n) is 4.21. The summed E-state index contributed by atoms with van der Waals surface area (Å²) < 4.78 is 0. The molecule has 0 spiro atoms. The fraction of sp³-hybridized carbons (Fsp3) is 0.360. The first kappa shape index (κ1) is 21.3. The van der Waals surface area contributed by atoms with Crippen LogP contribution in [0.4, 0.5) is 17.3 Å². The van der Waals surface area contributed by atoms with Crippen molar-refractivity contribution in [2.75, 3.05) is 30.3 Å². The molecule has 1 aromatic carbocycles. The lowest BCUT2D eigenvalue weighted by atomic mass is 9.96. The molecule has 1 unspecified atom stereocenters. The number of anilines is 3. The van der Waals surface area contributed by atoms with Crippen molar-refractivity contribution >= 4 is 17.3 Å². The standard InChI is InChI=1S/C25H27N7O/c1-15-8-23(22(29-12-15)5-6-27-19-2-3-19)32-25-28-7-4-21(31-25)16-9-17(11-26)24-20(10-16)18(14-33)13-30-24/h4,7-10,12,18-19,27,30,33H,2-3,5-6,13-14H2,1H3,(H,28,31,32). The Morgan fingerprint density at radius 1 is 1.24 bits per heavy atom. The first-order chi connectivity index (χ1) is 16.1. The van der Waals surface area contributed by atoms with Crippen LogP contribution in [0.1, 0.15) is 41.1 Å². The van der Waals surface area contributed by atoms with E-state index in [1.165, 1.54) is 12.8 Å². The summed E-state index contributed by atoms with van der Waals surface area (Å²) in [5, 5.41) is 29.5. The highest BCUT2D eigenvalue weighted by Gasteiger charge is 2.25. The molecule has 5 rings (SSSR count). The smallest absolute Gasteiger partial charge is 0.227 e. The number of rotatable bonds is 8. The van der Waals surface area contributed by atoms with Gasteiger partial charge in [-0.25, -0.2) is 9.97 Å². The third kappa shape index (κ3) is 4.65. The lowest BCUT2D eigenvalue weighted by Gasteiger charge is -2.13. The summed E-state index contributed by atoms with van der Waals surface area (Å²) in [6.45, 7) is 3.56. The van der Waals surface area contributed by atoms with Gasteiger partial charge in [-0.3, -0.25) is 4.98 Å². The molecular formula is C25H27N7O. The van der Waals surface area contributed by atoms with Crippen LogP contribution in [0, 0.1) is 18.3 Å². The van der Waals surface area contributed by atoms with Crippen molar-refractivity contribution < 1.29 is 5.11 Å². The molecule has 168 valence electrons. The minimum absolute atomic E-state index is 0.0309. The summed E-state index contributed by atoms with van der Waals surface area (Å²) in [5.41, 5.74) is 6.80. The van der Waals surface area contributed by atoms with Gasteiger partial charge in [0.15, 0.2) is 0 Å². The third-order valence-corrected chi connectivity index (χ3v) is 6.15. The van der Waals surface area contributed by atoms with Crippen LogP contribution in [-0.4, -0.2) is 45.8 Å². The highest BCUT2D eigenvalue weighted by Crippen LogP contribution is 2.37. The van der Waals surface area contributed by atoms with E-state index >= 15 is 0 Å². The minimum Gasteiger partial charge on any atom is -0.396 e. The Morgan fingerprint density at radius 2 is 2.12 bits per heavy atom. The van der Waals surface area contributed by atoms with Gasteiger partial charge in [0.05, 0.1) is 34.9 Å². The van der Waals surface area contributed by atoms with Crippen molar-refractivity contribution in [3.8, 4) is 17.3 Å². The van der Waals surface area contributed by atoms with Crippen molar-refractivity contribution in [2.24, 2.45) is 0 Å². The number of aliphatic hydroxyl groups is 1. The Labute approximate surface area is 193 Å². The van der Waals surface area contributed by atoms with E-state index in [-0.39, 0.29) is 12.5 Å². The number of benzene rings is 1. The van der Waals surface area contributed by atoms with E-state index in [0.717, 1.165) is 46.7 Å². The second-order valence-electron chi connectivity index (χ2n) is 8.74. The summed E-state index contributed by atoms with van der Waals surface area (Å²) in [4.78, 5) is 13.8. The summed E-state index contributed by atoms with van der Waals surface area (Å²) >= 11 is 0. The van der Waals surface area contributed by atoms with Crippen LogP contribution in [0.5, 0.6) is 0 Å². The van der Waals surface area contributed by atoms with Crippen molar-refractivity contribution in [3.05, 3.63) is 59.0 Å². The van der Waals surface area contributed by atoms with Crippen LogP contribution in [0.3, 0.4) is 0 Å². The monoisotopic (exact) mass is 441 g/mol. The van der Waals surface area contributed by atoms with E-state index in [1.54, 1.807) is 6.20 Å². The molecule has 0 amide bonds.